The topological polar surface area (TPSA) is 61.7 Å². The Kier molecular flexibility index (Phi) is 5.02. The van der Waals surface area contributed by atoms with Gasteiger partial charge in [0.1, 0.15) is 17.0 Å². The van der Waals surface area contributed by atoms with Crippen LogP contribution in [0.2, 0.25) is 5.02 Å². The average molecular weight is 455 g/mol. The van der Waals surface area contributed by atoms with Gasteiger partial charge in [0, 0.05) is 56.7 Å². The highest BCUT2D eigenvalue weighted by Crippen LogP contribution is 2.42. The lowest BCUT2D eigenvalue weighted by atomic mass is 9.86. The van der Waals surface area contributed by atoms with Crippen LogP contribution in [-0.4, -0.2) is 63.9 Å². The number of aliphatic hydroxyl groups excluding tert-OH is 1. The van der Waals surface area contributed by atoms with Crippen LogP contribution in [0, 0.1) is 0 Å². The number of anilines is 1. The molecule has 0 amide bonds. The third-order valence-electron chi connectivity index (χ3n) is 6.52. The lowest BCUT2D eigenvalue weighted by Gasteiger charge is -2.41. The first kappa shape index (κ1) is 20.8. The van der Waals surface area contributed by atoms with Crippen LogP contribution >= 0.6 is 11.6 Å². The first-order valence-electron chi connectivity index (χ1n) is 10.3. The zero-order valence-corrected chi connectivity index (χ0v) is 17.4. The van der Waals surface area contributed by atoms with Gasteiger partial charge in [0.15, 0.2) is 0 Å². The number of hydrogen-bond donors (Lipinski definition) is 1. The van der Waals surface area contributed by atoms with Crippen LogP contribution in [0.15, 0.2) is 30.5 Å². The van der Waals surface area contributed by atoms with Crippen molar-refractivity contribution in [2.45, 2.75) is 43.2 Å². The van der Waals surface area contributed by atoms with Crippen molar-refractivity contribution in [2.24, 2.45) is 0 Å². The Morgan fingerprint density at radius 1 is 1.16 bits per heavy atom. The average Bonchev–Trinajstić information content (AvgIpc) is 3.28. The van der Waals surface area contributed by atoms with Gasteiger partial charge in [0.05, 0.1) is 12.1 Å². The van der Waals surface area contributed by atoms with Crippen LogP contribution in [0.4, 0.5) is 19.1 Å². The van der Waals surface area contributed by atoms with Crippen LogP contribution in [0.25, 0.3) is 0 Å². The Hall–Kier alpha value is -2.10. The molecular formula is C21H22ClF3N4O2. The number of alkyl halides is 3. The summed E-state index contributed by atoms with van der Waals surface area (Å²) in [4.78, 5) is 11.5. The summed E-state index contributed by atoms with van der Waals surface area (Å²) < 4.78 is 45.2. The Morgan fingerprint density at radius 2 is 1.94 bits per heavy atom. The number of likely N-dealkylation sites (tertiary alicyclic amines) is 1. The van der Waals surface area contributed by atoms with Gasteiger partial charge in [0.25, 0.3) is 0 Å². The number of benzene rings is 1. The normalized spacial score (nSPS) is 25.6. The van der Waals surface area contributed by atoms with Gasteiger partial charge in [-0.3, -0.25) is 4.90 Å². The molecule has 2 fully saturated rings. The number of rotatable bonds is 2. The Bertz CT molecular complexity index is 981. The van der Waals surface area contributed by atoms with Crippen LogP contribution < -0.4 is 9.64 Å². The maximum absolute atomic E-state index is 13.0. The second kappa shape index (κ2) is 7.50. The van der Waals surface area contributed by atoms with Crippen molar-refractivity contribution in [2.75, 3.05) is 31.1 Å². The van der Waals surface area contributed by atoms with E-state index in [0.29, 0.717) is 11.6 Å². The molecule has 1 aromatic carbocycles. The van der Waals surface area contributed by atoms with Gasteiger partial charge in [-0.1, -0.05) is 11.6 Å². The fourth-order valence-electron chi connectivity index (χ4n) is 4.89. The second-order valence-corrected chi connectivity index (χ2v) is 8.97. The molecule has 3 aliphatic heterocycles. The van der Waals surface area contributed by atoms with E-state index in [0.717, 1.165) is 55.9 Å². The molecule has 2 saturated heterocycles. The van der Waals surface area contributed by atoms with Gasteiger partial charge >= 0.3 is 6.18 Å². The number of nitrogens with zero attached hydrogens (tertiary/aromatic N) is 4. The van der Waals surface area contributed by atoms with Crippen molar-refractivity contribution in [3.8, 4) is 5.75 Å². The molecule has 0 aliphatic carbocycles. The summed E-state index contributed by atoms with van der Waals surface area (Å²) >= 11 is 6.11. The summed E-state index contributed by atoms with van der Waals surface area (Å²) in [5.41, 5.74) is -0.111. The number of aliphatic hydroxyl groups is 1. The number of fused-ring (bicyclic) bond motifs is 1. The van der Waals surface area contributed by atoms with E-state index in [2.05, 4.69) is 14.9 Å². The van der Waals surface area contributed by atoms with E-state index in [9.17, 15) is 18.3 Å². The molecule has 5 rings (SSSR count). The van der Waals surface area contributed by atoms with E-state index in [-0.39, 0.29) is 24.1 Å². The minimum atomic E-state index is -4.53. The van der Waals surface area contributed by atoms with E-state index in [1.165, 1.54) is 0 Å². The summed E-state index contributed by atoms with van der Waals surface area (Å²) in [7, 11) is 0. The number of piperidine rings is 1. The quantitative estimate of drug-likeness (QED) is 0.752. The van der Waals surface area contributed by atoms with Gasteiger partial charge in [-0.25, -0.2) is 9.97 Å². The molecule has 31 heavy (non-hydrogen) atoms. The molecule has 10 heteroatoms. The molecule has 166 valence electrons. The van der Waals surface area contributed by atoms with Crippen molar-refractivity contribution >= 4 is 17.5 Å². The minimum absolute atomic E-state index is 0.00342. The van der Waals surface area contributed by atoms with Crippen LogP contribution in [0.1, 0.15) is 24.1 Å². The molecular weight excluding hydrogens is 433 g/mol. The van der Waals surface area contributed by atoms with Gasteiger partial charge in [-0.15, -0.1) is 0 Å². The van der Waals surface area contributed by atoms with Crippen molar-refractivity contribution in [3.63, 3.8) is 0 Å². The van der Waals surface area contributed by atoms with Crippen molar-refractivity contribution in [1.29, 1.82) is 0 Å². The molecule has 4 heterocycles. The predicted molar refractivity (Wildman–Crippen MR) is 108 cm³/mol. The van der Waals surface area contributed by atoms with Gasteiger partial charge in [-0.2, -0.15) is 13.2 Å². The van der Waals surface area contributed by atoms with Gasteiger partial charge in [0.2, 0.25) is 5.95 Å². The van der Waals surface area contributed by atoms with Crippen molar-refractivity contribution in [3.05, 3.63) is 46.7 Å². The van der Waals surface area contributed by atoms with E-state index in [1.807, 2.05) is 18.2 Å². The van der Waals surface area contributed by atoms with E-state index in [1.54, 1.807) is 4.90 Å². The largest absolute Gasteiger partial charge is 0.487 e. The first-order chi connectivity index (χ1) is 14.7. The van der Waals surface area contributed by atoms with Crippen molar-refractivity contribution < 1.29 is 23.0 Å². The monoisotopic (exact) mass is 454 g/mol. The van der Waals surface area contributed by atoms with E-state index >= 15 is 0 Å². The highest BCUT2D eigenvalue weighted by atomic mass is 35.5. The fourth-order valence-corrected chi connectivity index (χ4v) is 5.09. The summed E-state index contributed by atoms with van der Waals surface area (Å²) in [5, 5.41) is 11.3. The number of halogens is 4. The van der Waals surface area contributed by atoms with E-state index in [4.69, 9.17) is 16.3 Å². The summed E-state index contributed by atoms with van der Waals surface area (Å²) in [6, 6.07) is 6.35. The Balaban J connectivity index is 1.24. The molecule has 6 nitrogen and oxygen atoms in total. The zero-order chi connectivity index (χ0) is 21.8. The standard InChI is InChI=1S/C21H22ClF3N4O2/c22-14-1-2-17-13(9-14)10-20(31-17)4-7-28(8-5-20)15-11-29(12-16(15)30)19-26-6-3-18(27-19)21(23,24)25/h1-3,6,9,15-16,30H,4-5,7-8,10-12H2/t15?,16-/m1/s1. The van der Waals surface area contributed by atoms with Crippen molar-refractivity contribution in [1.82, 2.24) is 14.9 Å². The summed E-state index contributed by atoms with van der Waals surface area (Å²) in [5.74, 6) is 0.878. The van der Waals surface area contributed by atoms with Crippen LogP contribution in [0.5, 0.6) is 5.75 Å². The number of β-amino-alcohol motifs (C(OH)–C–C–N with tert-alkyl or cyclic N) is 1. The summed E-state index contributed by atoms with van der Waals surface area (Å²) in [6.45, 7) is 2.06. The highest BCUT2D eigenvalue weighted by Gasteiger charge is 2.45. The number of aromatic nitrogens is 2. The molecule has 0 bridgehead atoms. The van der Waals surface area contributed by atoms with Crippen LogP contribution in [0.3, 0.4) is 0 Å². The molecule has 1 spiro atoms. The molecule has 0 saturated carbocycles. The third-order valence-corrected chi connectivity index (χ3v) is 6.75. The van der Waals surface area contributed by atoms with Crippen LogP contribution in [-0.2, 0) is 12.6 Å². The van der Waals surface area contributed by atoms with Gasteiger partial charge in [-0.05, 0) is 29.8 Å². The fraction of sp³-hybridized carbons (Fsp3) is 0.524. The lowest BCUT2D eigenvalue weighted by molar-refractivity contribution is -0.141. The lowest BCUT2D eigenvalue weighted by Crippen LogP contribution is -2.53. The number of ether oxygens (including phenoxy) is 1. The third kappa shape index (κ3) is 3.94. The highest BCUT2D eigenvalue weighted by molar-refractivity contribution is 6.30. The molecule has 1 aromatic heterocycles. The molecule has 3 aliphatic rings. The SMILES string of the molecule is O[C@@H]1CN(c2nccc(C(F)(F)F)n2)CC1N1CCC2(CC1)Cc1cc(Cl)ccc1O2. The zero-order valence-electron chi connectivity index (χ0n) is 16.6. The smallest absolute Gasteiger partial charge is 0.433 e. The van der Waals surface area contributed by atoms with Gasteiger partial charge < -0.3 is 14.7 Å². The summed E-state index contributed by atoms with van der Waals surface area (Å²) in [6.07, 6.45) is -1.68. The Labute approximate surface area is 182 Å². The predicted octanol–water partition coefficient (Wildman–Crippen LogP) is 3.17. The minimum Gasteiger partial charge on any atom is -0.487 e. The Morgan fingerprint density at radius 3 is 2.68 bits per heavy atom. The molecule has 2 atom stereocenters. The molecule has 2 aromatic rings. The number of hydrogen-bond acceptors (Lipinski definition) is 6. The molecule has 1 unspecified atom stereocenters. The molecule has 1 N–H and O–H groups in total. The second-order valence-electron chi connectivity index (χ2n) is 8.53. The van der Waals surface area contributed by atoms with E-state index < -0.39 is 18.0 Å². The maximum Gasteiger partial charge on any atom is 0.433 e. The maximum atomic E-state index is 13.0. The molecule has 0 radical (unpaired) electrons. The first-order valence-corrected chi connectivity index (χ1v) is 10.7.